The smallest absolute Gasteiger partial charge is 0.273 e. The standard InChI is InChI=1S/C16H21N3O3/c1-12(11-20)17-16(21)15-8-14(22-18-15)10-19(2)9-13-6-4-3-5-7-13/h3-8,12,20H,9-11H2,1-2H3,(H,17,21)/t12-/m1/s1. The number of carbonyl (C=O) groups is 1. The molecule has 0 saturated heterocycles. The molecule has 22 heavy (non-hydrogen) atoms. The first-order chi connectivity index (χ1) is 10.6. The van der Waals surface area contributed by atoms with Gasteiger partial charge in [0.05, 0.1) is 13.2 Å². The Kier molecular flexibility index (Phi) is 5.68. The number of aliphatic hydroxyl groups is 1. The van der Waals surface area contributed by atoms with Crippen LogP contribution in [0, 0.1) is 0 Å². The highest BCUT2D eigenvalue weighted by molar-refractivity contribution is 5.92. The summed E-state index contributed by atoms with van der Waals surface area (Å²) in [4.78, 5) is 13.9. The number of aliphatic hydroxyl groups excluding tert-OH is 1. The largest absolute Gasteiger partial charge is 0.394 e. The molecular weight excluding hydrogens is 282 g/mol. The van der Waals surface area contributed by atoms with E-state index in [1.807, 2.05) is 25.2 Å². The third kappa shape index (κ3) is 4.68. The van der Waals surface area contributed by atoms with Gasteiger partial charge < -0.3 is 14.9 Å². The highest BCUT2D eigenvalue weighted by Crippen LogP contribution is 2.10. The molecule has 0 spiro atoms. The molecule has 2 rings (SSSR count). The van der Waals surface area contributed by atoms with E-state index in [4.69, 9.17) is 9.63 Å². The van der Waals surface area contributed by atoms with Crippen LogP contribution in [0.15, 0.2) is 40.9 Å². The lowest BCUT2D eigenvalue weighted by molar-refractivity contribution is 0.0913. The summed E-state index contributed by atoms with van der Waals surface area (Å²) in [6.07, 6.45) is 0. The van der Waals surface area contributed by atoms with Gasteiger partial charge in [-0.25, -0.2) is 0 Å². The van der Waals surface area contributed by atoms with Gasteiger partial charge in [0.1, 0.15) is 0 Å². The van der Waals surface area contributed by atoms with E-state index in [0.29, 0.717) is 12.3 Å². The maximum atomic E-state index is 11.8. The first-order valence-electron chi connectivity index (χ1n) is 7.18. The van der Waals surface area contributed by atoms with E-state index >= 15 is 0 Å². The molecule has 0 aliphatic heterocycles. The zero-order chi connectivity index (χ0) is 15.9. The molecule has 118 valence electrons. The van der Waals surface area contributed by atoms with Crippen molar-refractivity contribution in [2.75, 3.05) is 13.7 Å². The lowest BCUT2D eigenvalue weighted by atomic mass is 10.2. The Bertz CT molecular complexity index is 598. The minimum absolute atomic E-state index is 0.115. The highest BCUT2D eigenvalue weighted by atomic mass is 16.5. The van der Waals surface area contributed by atoms with Crippen LogP contribution < -0.4 is 5.32 Å². The van der Waals surface area contributed by atoms with Gasteiger partial charge in [-0.3, -0.25) is 9.69 Å². The summed E-state index contributed by atoms with van der Waals surface area (Å²) in [6, 6.07) is 11.4. The number of rotatable bonds is 7. The van der Waals surface area contributed by atoms with Gasteiger partial charge in [-0.1, -0.05) is 35.5 Å². The minimum atomic E-state index is -0.345. The summed E-state index contributed by atoms with van der Waals surface area (Å²) in [7, 11) is 1.98. The first-order valence-corrected chi connectivity index (χ1v) is 7.18. The Morgan fingerprint density at radius 3 is 2.77 bits per heavy atom. The van der Waals surface area contributed by atoms with Crippen LogP contribution in [0.5, 0.6) is 0 Å². The van der Waals surface area contributed by atoms with Crippen molar-refractivity contribution in [3.8, 4) is 0 Å². The van der Waals surface area contributed by atoms with Gasteiger partial charge in [0.2, 0.25) is 0 Å². The molecule has 1 aromatic heterocycles. The van der Waals surface area contributed by atoms with Gasteiger partial charge in [0, 0.05) is 18.7 Å². The molecule has 1 aromatic carbocycles. The lowest BCUT2D eigenvalue weighted by Crippen LogP contribution is -2.35. The molecule has 0 aliphatic rings. The van der Waals surface area contributed by atoms with Crippen molar-refractivity contribution in [1.29, 1.82) is 0 Å². The second-order valence-corrected chi connectivity index (χ2v) is 5.39. The molecule has 0 bridgehead atoms. The van der Waals surface area contributed by atoms with Crippen molar-refractivity contribution >= 4 is 5.91 Å². The summed E-state index contributed by atoms with van der Waals surface area (Å²) in [5.74, 6) is 0.280. The highest BCUT2D eigenvalue weighted by Gasteiger charge is 2.15. The van der Waals surface area contributed by atoms with Crippen LogP contribution in [0.1, 0.15) is 28.7 Å². The number of hydrogen-bond donors (Lipinski definition) is 2. The van der Waals surface area contributed by atoms with Crippen LogP contribution in [0.2, 0.25) is 0 Å². The zero-order valence-corrected chi connectivity index (χ0v) is 12.8. The van der Waals surface area contributed by atoms with E-state index < -0.39 is 0 Å². The molecule has 0 saturated carbocycles. The van der Waals surface area contributed by atoms with Gasteiger partial charge in [0.25, 0.3) is 5.91 Å². The molecule has 2 N–H and O–H groups in total. The van der Waals surface area contributed by atoms with E-state index in [0.717, 1.165) is 6.54 Å². The van der Waals surface area contributed by atoms with Crippen LogP contribution in [0.3, 0.4) is 0 Å². The molecule has 0 radical (unpaired) electrons. The maximum absolute atomic E-state index is 11.8. The average Bonchev–Trinajstić information content (AvgIpc) is 2.96. The summed E-state index contributed by atoms with van der Waals surface area (Å²) in [6.45, 7) is 2.94. The van der Waals surface area contributed by atoms with Crippen molar-refractivity contribution in [2.45, 2.75) is 26.1 Å². The van der Waals surface area contributed by atoms with Gasteiger partial charge >= 0.3 is 0 Å². The molecular formula is C16H21N3O3. The Morgan fingerprint density at radius 2 is 2.09 bits per heavy atom. The fourth-order valence-corrected chi connectivity index (χ4v) is 2.05. The molecule has 1 heterocycles. The van der Waals surface area contributed by atoms with Crippen molar-refractivity contribution in [3.05, 3.63) is 53.4 Å². The summed E-state index contributed by atoms with van der Waals surface area (Å²) in [5, 5.41) is 15.3. The van der Waals surface area contributed by atoms with Gasteiger partial charge in [-0.15, -0.1) is 0 Å². The fraction of sp³-hybridized carbons (Fsp3) is 0.375. The molecule has 6 heteroatoms. The molecule has 0 unspecified atom stereocenters. The van der Waals surface area contributed by atoms with Crippen molar-refractivity contribution < 1.29 is 14.4 Å². The topological polar surface area (TPSA) is 78.6 Å². The van der Waals surface area contributed by atoms with Crippen LogP contribution in [-0.2, 0) is 13.1 Å². The third-order valence-electron chi connectivity index (χ3n) is 3.16. The molecule has 1 amide bonds. The van der Waals surface area contributed by atoms with Crippen LogP contribution in [0.4, 0.5) is 0 Å². The number of nitrogens with zero attached hydrogens (tertiary/aromatic N) is 2. The monoisotopic (exact) mass is 303 g/mol. The van der Waals surface area contributed by atoms with Gasteiger partial charge in [-0.05, 0) is 19.5 Å². The molecule has 0 fully saturated rings. The number of amides is 1. The van der Waals surface area contributed by atoms with Crippen LogP contribution in [-0.4, -0.2) is 40.8 Å². The number of benzene rings is 1. The average molecular weight is 303 g/mol. The normalized spacial score (nSPS) is 12.4. The maximum Gasteiger partial charge on any atom is 0.273 e. The zero-order valence-electron chi connectivity index (χ0n) is 12.8. The molecule has 2 aromatic rings. The van der Waals surface area contributed by atoms with Crippen LogP contribution >= 0.6 is 0 Å². The van der Waals surface area contributed by atoms with Gasteiger partial charge in [-0.2, -0.15) is 0 Å². The predicted molar refractivity (Wildman–Crippen MR) is 82.1 cm³/mol. The molecule has 0 aliphatic carbocycles. The van der Waals surface area contributed by atoms with E-state index in [-0.39, 0.29) is 24.2 Å². The number of hydrogen-bond acceptors (Lipinski definition) is 5. The van der Waals surface area contributed by atoms with E-state index in [2.05, 4.69) is 27.5 Å². The Balaban J connectivity index is 1.90. The van der Waals surface area contributed by atoms with Crippen molar-refractivity contribution in [2.24, 2.45) is 0 Å². The van der Waals surface area contributed by atoms with E-state index in [1.165, 1.54) is 5.56 Å². The number of nitrogens with one attached hydrogen (secondary N) is 1. The Labute approximate surface area is 129 Å². The first kappa shape index (κ1) is 16.2. The second-order valence-electron chi connectivity index (χ2n) is 5.39. The SMILES string of the molecule is C[C@H](CO)NC(=O)c1cc(CN(C)Cc2ccccc2)on1. The summed E-state index contributed by atoms with van der Waals surface area (Å²) < 4.78 is 5.19. The van der Waals surface area contributed by atoms with E-state index in [9.17, 15) is 4.79 Å². The quantitative estimate of drug-likeness (QED) is 0.809. The van der Waals surface area contributed by atoms with E-state index in [1.54, 1.807) is 13.0 Å². The van der Waals surface area contributed by atoms with Crippen molar-refractivity contribution in [1.82, 2.24) is 15.4 Å². The second kappa shape index (κ2) is 7.72. The summed E-state index contributed by atoms with van der Waals surface area (Å²) >= 11 is 0. The van der Waals surface area contributed by atoms with Crippen LogP contribution in [0.25, 0.3) is 0 Å². The summed E-state index contributed by atoms with van der Waals surface area (Å²) in [5.41, 5.74) is 1.43. The van der Waals surface area contributed by atoms with Gasteiger partial charge in [0.15, 0.2) is 11.5 Å². The minimum Gasteiger partial charge on any atom is -0.394 e. The fourth-order valence-electron chi connectivity index (χ4n) is 2.05. The van der Waals surface area contributed by atoms with Crippen molar-refractivity contribution in [3.63, 3.8) is 0 Å². The molecule has 1 atom stereocenters. The Hall–Kier alpha value is -2.18. The Morgan fingerprint density at radius 1 is 1.36 bits per heavy atom. The number of aromatic nitrogens is 1. The third-order valence-corrected chi connectivity index (χ3v) is 3.16. The number of carbonyl (C=O) groups excluding carboxylic acids is 1. The molecule has 6 nitrogen and oxygen atoms in total. The predicted octanol–water partition coefficient (Wildman–Crippen LogP) is 1.42. The lowest BCUT2D eigenvalue weighted by Gasteiger charge is -2.14.